The highest BCUT2D eigenvalue weighted by molar-refractivity contribution is 7.99. The van der Waals surface area contributed by atoms with Gasteiger partial charge in [0.25, 0.3) is 0 Å². The number of hydrogen-bond acceptors (Lipinski definition) is 4. The summed E-state index contributed by atoms with van der Waals surface area (Å²) in [6.45, 7) is 2.05. The number of thioether (sulfide) groups is 1. The zero-order chi connectivity index (χ0) is 16.2. The zero-order valence-electron chi connectivity index (χ0n) is 13.1. The Morgan fingerprint density at radius 2 is 1.91 bits per heavy atom. The van der Waals surface area contributed by atoms with Crippen LogP contribution in [0.1, 0.15) is 15.9 Å². The second-order valence-electron chi connectivity index (χ2n) is 5.21. The summed E-state index contributed by atoms with van der Waals surface area (Å²) in [5.74, 6) is 1.23. The van der Waals surface area contributed by atoms with Crippen molar-refractivity contribution in [2.24, 2.45) is 0 Å². The number of Topliss-reactive ketones (excluding diaryl/α,β-unsaturated/α-hetero) is 1. The van der Waals surface area contributed by atoms with Crippen LogP contribution in [0.2, 0.25) is 0 Å². The average Bonchev–Trinajstić information content (AvgIpc) is 2.60. The number of hydrogen-bond donors (Lipinski definition) is 0. The van der Waals surface area contributed by atoms with Gasteiger partial charge in [0.15, 0.2) is 5.78 Å². The van der Waals surface area contributed by atoms with Gasteiger partial charge in [-0.05, 0) is 24.6 Å². The normalized spacial score (nSPS) is 10.7. The number of ether oxygens (including phenoxy) is 1. The summed E-state index contributed by atoms with van der Waals surface area (Å²) in [5, 5.41) is 1.91. The number of aromatic nitrogens is 1. The number of rotatable bonds is 5. The maximum absolute atomic E-state index is 12.2. The van der Waals surface area contributed by atoms with Crippen LogP contribution >= 0.6 is 11.8 Å². The first kappa shape index (κ1) is 15.6. The summed E-state index contributed by atoms with van der Waals surface area (Å²) >= 11 is 1.46. The second-order valence-corrected chi connectivity index (χ2v) is 6.21. The number of aryl methyl sites for hydroxylation is 1. The number of methoxy groups -OCH3 is 1. The third kappa shape index (κ3) is 3.37. The van der Waals surface area contributed by atoms with Crippen molar-refractivity contribution < 1.29 is 9.53 Å². The van der Waals surface area contributed by atoms with E-state index in [1.807, 2.05) is 61.5 Å². The average molecular weight is 323 g/mol. The van der Waals surface area contributed by atoms with Crippen LogP contribution in [0.5, 0.6) is 5.75 Å². The molecule has 4 heteroatoms. The van der Waals surface area contributed by atoms with E-state index >= 15 is 0 Å². The van der Waals surface area contributed by atoms with E-state index in [2.05, 4.69) is 4.98 Å². The molecule has 116 valence electrons. The van der Waals surface area contributed by atoms with Crippen LogP contribution in [0.25, 0.3) is 10.9 Å². The molecule has 23 heavy (non-hydrogen) atoms. The van der Waals surface area contributed by atoms with E-state index in [-0.39, 0.29) is 5.78 Å². The first-order chi connectivity index (χ1) is 11.2. The molecule has 0 spiro atoms. The van der Waals surface area contributed by atoms with Crippen LogP contribution in [0.4, 0.5) is 0 Å². The van der Waals surface area contributed by atoms with E-state index in [1.54, 1.807) is 7.11 Å². The largest absolute Gasteiger partial charge is 0.494 e. The Balaban J connectivity index is 1.85. The molecule has 0 saturated carbocycles. The topological polar surface area (TPSA) is 39.2 Å². The monoisotopic (exact) mass is 323 g/mol. The van der Waals surface area contributed by atoms with Crippen molar-refractivity contribution in [3.8, 4) is 5.75 Å². The number of ketones is 1. The molecule has 3 nitrogen and oxygen atoms in total. The van der Waals surface area contributed by atoms with Gasteiger partial charge < -0.3 is 4.74 Å². The minimum absolute atomic E-state index is 0.107. The van der Waals surface area contributed by atoms with Gasteiger partial charge in [-0.15, -0.1) is 0 Å². The molecule has 0 fully saturated rings. The molecule has 0 atom stereocenters. The highest BCUT2D eigenvalue weighted by Crippen LogP contribution is 2.29. The van der Waals surface area contributed by atoms with Crippen molar-refractivity contribution in [2.75, 3.05) is 12.9 Å². The van der Waals surface area contributed by atoms with Crippen LogP contribution < -0.4 is 4.74 Å². The smallest absolute Gasteiger partial charge is 0.173 e. The molecular weight excluding hydrogens is 306 g/mol. The van der Waals surface area contributed by atoms with Gasteiger partial charge in [-0.1, -0.05) is 54.2 Å². The predicted molar refractivity (Wildman–Crippen MR) is 94.5 cm³/mol. The molecule has 0 N–H and O–H groups in total. The Morgan fingerprint density at radius 3 is 2.65 bits per heavy atom. The lowest BCUT2D eigenvalue weighted by atomic mass is 10.1. The van der Waals surface area contributed by atoms with E-state index in [4.69, 9.17) is 4.74 Å². The van der Waals surface area contributed by atoms with Crippen LogP contribution in [-0.4, -0.2) is 23.6 Å². The fourth-order valence-corrected chi connectivity index (χ4v) is 3.31. The highest BCUT2D eigenvalue weighted by atomic mass is 32.2. The summed E-state index contributed by atoms with van der Waals surface area (Å²) in [6.07, 6.45) is 0. The molecule has 1 heterocycles. The zero-order valence-corrected chi connectivity index (χ0v) is 13.9. The Morgan fingerprint density at radius 1 is 1.13 bits per heavy atom. The van der Waals surface area contributed by atoms with E-state index in [0.717, 1.165) is 32.8 Å². The van der Waals surface area contributed by atoms with Crippen molar-refractivity contribution in [2.45, 2.75) is 11.9 Å². The van der Waals surface area contributed by atoms with Crippen LogP contribution in [0.3, 0.4) is 0 Å². The predicted octanol–water partition coefficient (Wildman–Crippen LogP) is 4.53. The molecule has 0 amide bonds. The number of pyridine rings is 1. The fraction of sp³-hybridized carbons (Fsp3) is 0.158. The molecule has 1 aromatic heterocycles. The van der Waals surface area contributed by atoms with Gasteiger partial charge in [-0.25, -0.2) is 4.98 Å². The molecule has 0 unspecified atom stereocenters. The molecule has 0 radical (unpaired) electrons. The Labute approximate surface area is 139 Å². The van der Waals surface area contributed by atoms with Gasteiger partial charge in [0, 0.05) is 10.9 Å². The van der Waals surface area contributed by atoms with Crippen molar-refractivity contribution in [1.82, 2.24) is 4.98 Å². The molecule has 0 saturated heterocycles. The van der Waals surface area contributed by atoms with Gasteiger partial charge >= 0.3 is 0 Å². The second kappa shape index (κ2) is 6.84. The lowest BCUT2D eigenvalue weighted by Gasteiger charge is -2.09. The van der Waals surface area contributed by atoms with Crippen LogP contribution in [0, 0.1) is 6.92 Å². The van der Waals surface area contributed by atoms with Crippen molar-refractivity contribution in [3.05, 3.63) is 65.7 Å². The van der Waals surface area contributed by atoms with E-state index in [9.17, 15) is 4.79 Å². The molecule has 3 aromatic rings. The summed E-state index contributed by atoms with van der Waals surface area (Å²) in [6, 6.07) is 17.2. The first-order valence-electron chi connectivity index (χ1n) is 7.34. The fourth-order valence-electron chi connectivity index (χ4n) is 2.45. The summed E-state index contributed by atoms with van der Waals surface area (Å²) in [7, 11) is 1.64. The molecule has 3 rings (SSSR count). The molecule has 0 bridgehead atoms. The minimum Gasteiger partial charge on any atom is -0.494 e. The summed E-state index contributed by atoms with van der Waals surface area (Å²) in [4.78, 5) is 16.9. The van der Waals surface area contributed by atoms with Gasteiger partial charge in [0.05, 0.1) is 17.9 Å². The van der Waals surface area contributed by atoms with Crippen LogP contribution in [0.15, 0.2) is 59.6 Å². The summed E-state index contributed by atoms with van der Waals surface area (Å²) < 4.78 is 5.39. The number of benzene rings is 2. The lowest BCUT2D eigenvalue weighted by molar-refractivity contribution is 0.102. The molecule has 0 aliphatic carbocycles. The van der Waals surface area contributed by atoms with Gasteiger partial charge in [-0.2, -0.15) is 0 Å². The van der Waals surface area contributed by atoms with Gasteiger partial charge in [0.2, 0.25) is 0 Å². The third-order valence-corrected chi connectivity index (χ3v) is 4.56. The quantitative estimate of drug-likeness (QED) is 0.511. The first-order valence-corrected chi connectivity index (χ1v) is 8.33. The number of nitrogens with zero attached hydrogens (tertiary/aromatic N) is 1. The number of carbonyl (C=O) groups excluding carboxylic acids is 1. The summed E-state index contributed by atoms with van der Waals surface area (Å²) in [5.41, 5.74) is 2.70. The van der Waals surface area contributed by atoms with Gasteiger partial charge in [-0.3, -0.25) is 4.79 Å². The van der Waals surface area contributed by atoms with E-state index in [0.29, 0.717) is 5.75 Å². The molecule has 0 aliphatic rings. The van der Waals surface area contributed by atoms with Gasteiger partial charge in [0.1, 0.15) is 11.3 Å². The Bertz CT molecular complexity index is 847. The van der Waals surface area contributed by atoms with Crippen molar-refractivity contribution in [1.29, 1.82) is 0 Å². The number of para-hydroxylation sites is 1. The third-order valence-electron chi connectivity index (χ3n) is 3.65. The Hall–Kier alpha value is -2.33. The van der Waals surface area contributed by atoms with E-state index < -0.39 is 0 Å². The van der Waals surface area contributed by atoms with Crippen LogP contribution in [-0.2, 0) is 0 Å². The lowest BCUT2D eigenvalue weighted by Crippen LogP contribution is -2.02. The van der Waals surface area contributed by atoms with E-state index in [1.165, 1.54) is 11.8 Å². The van der Waals surface area contributed by atoms with Crippen molar-refractivity contribution in [3.63, 3.8) is 0 Å². The highest BCUT2D eigenvalue weighted by Gasteiger charge is 2.10. The maximum atomic E-state index is 12.2. The SMILES string of the molecule is COc1cccc2c(C)cc(SCC(=O)c3ccccc3)nc12. The molecular formula is C19H17NO2S. The molecule has 2 aromatic carbocycles. The minimum atomic E-state index is 0.107. The maximum Gasteiger partial charge on any atom is 0.173 e. The molecule has 0 aliphatic heterocycles. The number of fused-ring (bicyclic) bond motifs is 1. The van der Waals surface area contributed by atoms with Crippen molar-refractivity contribution >= 4 is 28.4 Å². The Kier molecular flexibility index (Phi) is 4.63. The standard InChI is InChI=1S/C19H17NO2S/c1-13-11-18(20-19-15(13)9-6-10-17(19)22-2)23-12-16(21)14-7-4-3-5-8-14/h3-11H,12H2,1-2H3. The number of carbonyl (C=O) groups is 1.